The summed E-state index contributed by atoms with van der Waals surface area (Å²) in [7, 11) is 0. The number of carbonyl (C=O) groups excluding carboxylic acids is 1. The minimum absolute atomic E-state index is 0.150. The van der Waals surface area contributed by atoms with Crippen molar-refractivity contribution in [2.45, 2.75) is 46.0 Å². The molecule has 0 bridgehead atoms. The van der Waals surface area contributed by atoms with E-state index in [1.54, 1.807) is 6.07 Å². The lowest BCUT2D eigenvalue weighted by molar-refractivity contribution is -0.0979. The fourth-order valence-electron chi connectivity index (χ4n) is 1.48. The SMILES string of the molecule is C=O.CC(C)c1cc(C(C)(C)C)ccc1O. The highest BCUT2D eigenvalue weighted by atomic mass is 16.3. The van der Waals surface area contributed by atoms with E-state index < -0.39 is 0 Å². The Hall–Kier alpha value is -1.31. The second kappa shape index (κ2) is 5.69. The van der Waals surface area contributed by atoms with Crippen molar-refractivity contribution < 1.29 is 9.90 Å². The summed E-state index contributed by atoms with van der Waals surface area (Å²) in [6.07, 6.45) is 0. The highest BCUT2D eigenvalue weighted by Crippen LogP contribution is 2.31. The maximum absolute atomic E-state index is 9.67. The zero-order valence-electron chi connectivity index (χ0n) is 10.9. The maximum atomic E-state index is 9.67. The summed E-state index contributed by atoms with van der Waals surface area (Å²) in [5.41, 5.74) is 2.47. The zero-order valence-corrected chi connectivity index (χ0v) is 10.9. The molecule has 16 heavy (non-hydrogen) atoms. The van der Waals surface area contributed by atoms with Crippen molar-refractivity contribution in [2.24, 2.45) is 0 Å². The van der Waals surface area contributed by atoms with E-state index in [2.05, 4.69) is 40.7 Å². The maximum Gasteiger partial charge on any atom is 0.119 e. The van der Waals surface area contributed by atoms with Gasteiger partial charge in [0.25, 0.3) is 0 Å². The molecule has 1 N–H and O–H groups in total. The lowest BCUT2D eigenvalue weighted by atomic mass is 9.84. The molecule has 0 amide bonds. The van der Waals surface area contributed by atoms with Gasteiger partial charge in [0.05, 0.1) is 0 Å². The van der Waals surface area contributed by atoms with Gasteiger partial charge in [-0.3, -0.25) is 0 Å². The molecule has 1 rings (SSSR count). The Bertz CT molecular complexity index is 335. The lowest BCUT2D eigenvalue weighted by Crippen LogP contribution is -2.11. The first-order valence-corrected chi connectivity index (χ1v) is 5.44. The molecule has 0 spiro atoms. The minimum Gasteiger partial charge on any atom is -0.508 e. The predicted octanol–water partition coefficient (Wildman–Crippen LogP) is 3.63. The van der Waals surface area contributed by atoms with E-state index in [0.717, 1.165) is 5.56 Å². The van der Waals surface area contributed by atoms with E-state index in [1.165, 1.54) is 5.56 Å². The van der Waals surface area contributed by atoms with Crippen LogP contribution in [0.4, 0.5) is 0 Å². The topological polar surface area (TPSA) is 37.3 Å². The molecule has 1 aromatic rings. The fraction of sp³-hybridized carbons (Fsp3) is 0.500. The molecule has 2 nitrogen and oxygen atoms in total. The molecule has 0 unspecified atom stereocenters. The first kappa shape index (κ1) is 14.7. The van der Waals surface area contributed by atoms with E-state index >= 15 is 0 Å². The number of hydrogen-bond donors (Lipinski definition) is 1. The molecule has 0 saturated carbocycles. The van der Waals surface area contributed by atoms with E-state index in [0.29, 0.717) is 11.7 Å². The summed E-state index contributed by atoms with van der Waals surface area (Å²) in [6.45, 7) is 12.7. The molecule has 0 aliphatic heterocycles. The monoisotopic (exact) mass is 222 g/mol. The van der Waals surface area contributed by atoms with Gasteiger partial charge in [-0.05, 0) is 28.5 Å². The van der Waals surface area contributed by atoms with Crippen LogP contribution in [0.3, 0.4) is 0 Å². The third-order valence-electron chi connectivity index (χ3n) is 2.52. The average molecular weight is 222 g/mol. The smallest absolute Gasteiger partial charge is 0.119 e. The number of rotatable bonds is 1. The van der Waals surface area contributed by atoms with Crippen LogP contribution in [0.25, 0.3) is 0 Å². The van der Waals surface area contributed by atoms with Gasteiger partial charge < -0.3 is 9.90 Å². The van der Waals surface area contributed by atoms with Crippen molar-refractivity contribution in [3.8, 4) is 5.75 Å². The van der Waals surface area contributed by atoms with Crippen LogP contribution in [0.15, 0.2) is 18.2 Å². The minimum atomic E-state index is 0.150. The molecule has 0 saturated heterocycles. The summed E-state index contributed by atoms with van der Waals surface area (Å²) < 4.78 is 0. The number of benzene rings is 1. The van der Waals surface area contributed by atoms with Crippen LogP contribution in [-0.2, 0) is 10.2 Å². The molecule has 0 aliphatic rings. The number of carbonyl (C=O) groups is 1. The van der Waals surface area contributed by atoms with Gasteiger partial charge in [0.15, 0.2) is 0 Å². The van der Waals surface area contributed by atoms with Crippen molar-refractivity contribution in [2.75, 3.05) is 0 Å². The molecular weight excluding hydrogens is 200 g/mol. The standard InChI is InChI=1S/C13H20O.CH2O/c1-9(2)11-8-10(13(3,4)5)6-7-12(11)14;1-2/h6-9,14H,1-5H3;1H2. The molecule has 0 heterocycles. The molecule has 90 valence electrons. The summed E-state index contributed by atoms with van der Waals surface area (Å²) >= 11 is 0. The van der Waals surface area contributed by atoms with Crippen LogP contribution in [-0.4, -0.2) is 11.9 Å². The van der Waals surface area contributed by atoms with Gasteiger partial charge in [-0.25, -0.2) is 0 Å². The highest BCUT2D eigenvalue weighted by Gasteiger charge is 2.16. The normalized spacial score (nSPS) is 10.9. The summed E-state index contributed by atoms with van der Waals surface area (Å²) in [5, 5.41) is 9.67. The van der Waals surface area contributed by atoms with Crippen molar-refractivity contribution in [1.82, 2.24) is 0 Å². The Morgan fingerprint density at radius 1 is 1.19 bits per heavy atom. The molecule has 0 fully saturated rings. The van der Waals surface area contributed by atoms with Crippen LogP contribution < -0.4 is 0 Å². The van der Waals surface area contributed by atoms with Gasteiger partial charge in [0.2, 0.25) is 0 Å². The van der Waals surface area contributed by atoms with Gasteiger partial charge in [-0.2, -0.15) is 0 Å². The van der Waals surface area contributed by atoms with Crippen molar-refractivity contribution in [3.05, 3.63) is 29.3 Å². The van der Waals surface area contributed by atoms with Gasteiger partial charge in [-0.15, -0.1) is 0 Å². The lowest BCUT2D eigenvalue weighted by Gasteiger charge is -2.21. The zero-order chi connectivity index (χ0) is 12.9. The number of hydrogen-bond acceptors (Lipinski definition) is 2. The van der Waals surface area contributed by atoms with E-state index in [1.807, 2.05) is 12.9 Å². The molecular formula is C14H22O2. The largest absolute Gasteiger partial charge is 0.508 e. The Morgan fingerprint density at radius 3 is 2.06 bits per heavy atom. The summed E-state index contributed by atoms with van der Waals surface area (Å²) in [6, 6.07) is 5.91. The second-order valence-corrected chi connectivity index (χ2v) is 5.18. The molecule has 0 aliphatic carbocycles. The third-order valence-corrected chi connectivity index (χ3v) is 2.52. The molecule has 0 radical (unpaired) electrons. The van der Waals surface area contributed by atoms with E-state index in [-0.39, 0.29) is 5.41 Å². The van der Waals surface area contributed by atoms with E-state index in [4.69, 9.17) is 4.79 Å². The summed E-state index contributed by atoms with van der Waals surface area (Å²) in [5.74, 6) is 0.783. The van der Waals surface area contributed by atoms with Crippen molar-refractivity contribution >= 4 is 6.79 Å². The Kier molecular flexibility index (Phi) is 5.22. The van der Waals surface area contributed by atoms with E-state index in [9.17, 15) is 5.11 Å². The molecule has 1 aromatic carbocycles. The van der Waals surface area contributed by atoms with Gasteiger partial charge in [0, 0.05) is 0 Å². The van der Waals surface area contributed by atoms with Crippen LogP contribution in [0.2, 0.25) is 0 Å². The van der Waals surface area contributed by atoms with Gasteiger partial charge in [-0.1, -0.05) is 46.8 Å². The molecule has 0 aromatic heterocycles. The van der Waals surface area contributed by atoms with Crippen LogP contribution in [0.5, 0.6) is 5.75 Å². The number of aromatic hydroxyl groups is 1. The first-order valence-electron chi connectivity index (χ1n) is 5.44. The van der Waals surface area contributed by atoms with Crippen LogP contribution >= 0.6 is 0 Å². The Morgan fingerprint density at radius 2 is 1.69 bits per heavy atom. The molecule has 0 atom stereocenters. The Labute approximate surface area is 98.3 Å². The first-order chi connectivity index (χ1) is 7.32. The van der Waals surface area contributed by atoms with Gasteiger partial charge >= 0.3 is 0 Å². The average Bonchev–Trinajstić information content (AvgIpc) is 2.19. The van der Waals surface area contributed by atoms with Crippen LogP contribution in [0, 0.1) is 0 Å². The fourth-order valence-corrected chi connectivity index (χ4v) is 1.48. The van der Waals surface area contributed by atoms with Crippen molar-refractivity contribution in [3.63, 3.8) is 0 Å². The number of phenolic OH excluding ortho intramolecular Hbond substituents is 1. The predicted molar refractivity (Wildman–Crippen MR) is 68.0 cm³/mol. The van der Waals surface area contributed by atoms with Crippen LogP contribution in [0.1, 0.15) is 51.7 Å². The summed E-state index contributed by atoms with van der Waals surface area (Å²) in [4.78, 5) is 8.00. The quantitative estimate of drug-likeness (QED) is 0.787. The third kappa shape index (κ3) is 3.69. The Balaban J connectivity index is 0.00000106. The van der Waals surface area contributed by atoms with Gasteiger partial charge in [0.1, 0.15) is 12.5 Å². The van der Waals surface area contributed by atoms with Crippen molar-refractivity contribution in [1.29, 1.82) is 0 Å². The second-order valence-electron chi connectivity index (χ2n) is 5.18. The number of phenols is 1. The highest BCUT2D eigenvalue weighted by molar-refractivity contribution is 5.40. The molecule has 2 heteroatoms.